The summed E-state index contributed by atoms with van der Waals surface area (Å²) in [6, 6.07) is 87.8. The minimum absolute atomic E-state index is 1.23. The number of benzene rings is 16. The van der Waals surface area contributed by atoms with Crippen LogP contribution >= 0.6 is 11.3 Å². The van der Waals surface area contributed by atoms with Gasteiger partial charge in [0.25, 0.3) is 0 Å². The second-order valence-electron chi connectivity index (χ2n) is 19.9. The Bertz CT molecular complexity index is 5030. The molecule has 0 bridgehead atoms. The first-order valence-electron chi connectivity index (χ1n) is 24.7. The Kier molecular flexibility index (Phi) is 7.44. The van der Waals surface area contributed by atoms with Crippen LogP contribution in [-0.2, 0) is 0 Å². The van der Waals surface area contributed by atoms with Crippen LogP contribution in [0.2, 0.25) is 0 Å². The third-order valence-corrected chi connectivity index (χ3v) is 17.4. The normalized spacial score (nSPS) is 12.5. The van der Waals surface area contributed by atoms with E-state index in [-0.39, 0.29) is 0 Å². The molecule has 324 valence electrons. The van der Waals surface area contributed by atoms with Crippen molar-refractivity contribution >= 4 is 140 Å². The van der Waals surface area contributed by atoms with Gasteiger partial charge >= 0.3 is 0 Å². The van der Waals surface area contributed by atoms with Crippen molar-refractivity contribution in [3.8, 4) is 43.8 Å². The lowest BCUT2D eigenvalue weighted by atomic mass is 9.87. The Morgan fingerprint density at radius 2 is 0.606 bits per heavy atom. The molecule has 0 amide bonds. The molecule has 17 aromatic rings. The van der Waals surface area contributed by atoms with Gasteiger partial charge in [0.1, 0.15) is 0 Å². The molecule has 0 spiro atoms. The molecule has 16 aromatic carbocycles. The molecule has 0 aliphatic rings. The summed E-state index contributed by atoms with van der Waals surface area (Å²) in [6.07, 6.45) is 0. The van der Waals surface area contributed by atoms with Gasteiger partial charge < -0.3 is 0 Å². The Hall–Kier alpha value is -8.88. The maximum atomic E-state index is 2.45. The molecule has 0 aliphatic heterocycles. The van der Waals surface area contributed by atoms with E-state index >= 15 is 0 Å². The fourth-order valence-corrected chi connectivity index (χ4v) is 14.2. The van der Waals surface area contributed by atoms with Gasteiger partial charge in [-0.25, -0.2) is 0 Å². The highest BCUT2D eigenvalue weighted by Gasteiger charge is 2.22. The van der Waals surface area contributed by atoms with Crippen LogP contribution in [-0.4, -0.2) is 0 Å². The first-order valence-corrected chi connectivity index (χ1v) is 25.5. The average Bonchev–Trinajstić information content (AvgIpc) is 3.81. The van der Waals surface area contributed by atoms with E-state index in [4.69, 9.17) is 0 Å². The van der Waals surface area contributed by atoms with Crippen LogP contribution < -0.4 is 0 Å². The topological polar surface area (TPSA) is 0 Å². The highest BCUT2D eigenvalue weighted by atomic mass is 32.1. The van der Waals surface area contributed by atoms with Gasteiger partial charge in [-0.1, -0.05) is 182 Å². The Balaban J connectivity index is 0.827. The summed E-state index contributed by atoms with van der Waals surface area (Å²) in [4.78, 5) is 1.31. The lowest BCUT2D eigenvalue weighted by Crippen LogP contribution is -1.89. The first kappa shape index (κ1) is 38.0. The Morgan fingerprint density at radius 3 is 1.27 bits per heavy atom. The van der Waals surface area contributed by atoms with Crippen molar-refractivity contribution in [3.05, 3.63) is 231 Å². The summed E-state index contributed by atoms with van der Waals surface area (Å²) in [5.41, 5.74) is 8.86. The molecule has 0 fully saturated rings. The highest BCUT2D eigenvalue weighted by Crippen LogP contribution is 2.51. The van der Waals surface area contributed by atoms with Gasteiger partial charge in [0, 0.05) is 20.5 Å². The van der Waals surface area contributed by atoms with Crippen molar-refractivity contribution in [3.63, 3.8) is 0 Å². The zero-order valence-corrected chi connectivity index (χ0v) is 39.2. The quantitative estimate of drug-likeness (QED) is 0.122. The van der Waals surface area contributed by atoms with Crippen LogP contribution in [0.25, 0.3) is 172 Å². The lowest BCUT2D eigenvalue weighted by molar-refractivity contribution is 1.69. The molecular formula is C70H38S. The molecule has 0 N–H and O–H groups in total. The van der Waals surface area contributed by atoms with Gasteiger partial charge in [-0.2, -0.15) is 0 Å². The predicted octanol–water partition coefficient (Wildman–Crippen LogP) is 20.6. The van der Waals surface area contributed by atoms with Gasteiger partial charge in [0.05, 0.1) is 0 Å². The summed E-state index contributed by atoms with van der Waals surface area (Å²) in [6.45, 7) is 0. The first-order chi connectivity index (χ1) is 35.1. The van der Waals surface area contributed by atoms with Gasteiger partial charge in [0.15, 0.2) is 0 Å². The molecular weight excluding hydrogens is 873 g/mol. The number of rotatable bonds is 4. The van der Waals surface area contributed by atoms with Crippen molar-refractivity contribution in [2.75, 3.05) is 0 Å². The maximum Gasteiger partial charge on any atom is 0.0434 e. The van der Waals surface area contributed by atoms with E-state index in [0.717, 1.165) is 0 Å². The molecule has 0 radical (unpaired) electrons. The van der Waals surface area contributed by atoms with Crippen LogP contribution in [0.15, 0.2) is 231 Å². The average molecular weight is 911 g/mol. The molecule has 71 heavy (non-hydrogen) atoms. The van der Waals surface area contributed by atoms with Gasteiger partial charge in [-0.3, -0.25) is 0 Å². The molecule has 1 heterocycles. The molecule has 1 aromatic heterocycles. The van der Waals surface area contributed by atoms with Crippen LogP contribution in [0.3, 0.4) is 0 Å². The maximum absolute atomic E-state index is 2.45. The van der Waals surface area contributed by atoms with Crippen LogP contribution in [0.5, 0.6) is 0 Å². The zero-order valence-electron chi connectivity index (χ0n) is 38.3. The van der Waals surface area contributed by atoms with Crippen molar-refractivity contribution in [2.24, 2.45) is 0 Å². The fraction of sp³-hybridized carbons (Fsp3) is 0. The van der Waals surface area contributed by atoms with E-state index in [9.17, 15) is 0 Å². The third kappa shape index (κ3) is 5.33. The van der Waals surface area contributed by atoms with Gasteiger partial charge in [-0.05, 0) is 200 Å². The molecule has 1 heteroatoms. The third-order valence-electron chi connectivity index (χ3n) is 16.2. The number of fused-ring (bicyclic) bond motifs is 3. The van der Waals surface area contributed by atoms with Crippen LogP contribution in [0.4, 0.5) is 0 Å². The molecule has 0 unspecified atom stereocenters. The van der Waals surface area contributed by atoms with Gasteiger partial charge in [0.2, 0.25) is 0 Å². The monoisotopic (exact) mass is 910 g/mol. The number of hydrogen-bond donors (Lipinski definition) is 0. The predicted molar refractivity (Wildman–Crippen MR) is 310 cm³/mol. The minimum Gasteiger partial charge on any atom is -0.135 e. The Labute approximate surface area is 411 Å². The largest absolute Gasteiger partial charge is 0.135 e. The van der Waals surface area contributed by atoms with E-state index < -0.39 is 0 Å². The van der Waals surface area contributed by atoms with E-state index in [0.29, 0.717) is 0 Å². The lowest BCUT2D eigenvalue weighted by Gasteiger charge is -2.16. The molecule has 0 saturated heterocycles. The smallest absolute Gasteiger partial charge is 0.0434 e. The molecule has 17 rings (SSSR count). The van der Waals surface area contributed by atoms with E-state index in [1.54, 1.807) is 0 Å². The highest BCUT2D eigenvalue weighted by molar-refractivity contribution is 7.23. The van der Waals surface area contributed by atoms with E-state index in [1.807, 2.05) is 11.3 Å². The second-order valence-corrected chi connectivity index (χ2v) is 21.0. The van der Waals surface area contributed by atoms with Crippen molar-refractivity contribution in [1.29, 1.82) is 0 Å². The van der Waals surface area contributed by atoms with Crippen molar-refractivity contribution in [1.82, 2.24) is 0 Å². The van der Waals surface area contributed by atoms with Crippen LogP contribution in [0.1, 0.15) is 0 Å². The second kappa shape index (κ2) is 13.9. The SMILES string of the molecule is c1cc2ccc3cc(-c4sc5cc(-c6ccc7cc8cc(-c9cc%10cccc%11ccc%12cccc9c%12c%11%10)ccc8cc7c6)ccc5c4-c4ccc5ccc6cccc7ccc4c5c67)cc4ccc(c1)c2c34. The molecule has 0 aliphatic carbocycles. The van der Waals surface area contributed by atoms with Crippen molar-refractivity contribution < 1.29 is 0 Å². The Morgan fingerprint density at radius 1 is 0.211 bits per heavy atom. The molecule has 0 saturated carbocycles. The van der Waals surface area contributed by atoms with E-state index in [1.165, 1.54) is 172 Å². The summed E-state index contributed by atoms with van der Waals surface area (Å²) in [5, 5.41) is 30.0. The van der Waals surface area contributed by atoms with Gasteiger partial charge in [-0.15, -0.1) is 11.3 Å². The van der Waals surface area contributed by atoms with E-state index in [2.05, 4.69) is 231 Å². The fourth-order valence-electron chi connectivity index (χ4n) is 12.9. The minimum atomic E-state index is 1.23. The number of hydrogen-bond acceptors (Lipinski definition) is 1. The van der Waals surface area contributed by atoms with Crippen molar-refractivity contribution in [2.45, 2.75) is 0 Å². The summed E-state index contributed by atoms with van der Waals surface area (Å²) >= 11 is 1.93. The number of thiophene rings is 1. The standard InChI is InChI=1S/C70H38S/c1-5-39-17-23-52-35-56(36-53-24-18-40(6-1)63(39)66(52)53)70-69(59-29-26-45-16-14-41-7-2-8-43-25-28-58(59)68(45)64(41)43)60-30-27-49(38-62(60)71-70)46-19-20-47-33-55-34-50(22-21-48(55)32-54(47)31-46)61-37-51-11-3-9-42-13-15-44-10-4-12-57(61)67(44)65(42)51/h1-38H. The zero-order chi connectivity index (χ0) is 46.1. The molecule has 0 nitrogen and oxygen atoms in total. The molecule has 0 atom stereocenters. The summed E-state index contributed by atoms with van der Waals surface area (Å²) < 4.78 is 1.29. The van der Waals surface area contributed by atoms with Crippen LogP contribution in [0, 0.1) is 0 Å². The summed E-state index contributed by atoms with van der Waals surface area (Å²) in [7, 11) is 0. The summed E-state index contributed by atoms with van der Waals surface area (Å²) in [5.74, 6) is 0.